The van der Waals surface area contributed by atoms with Crippen molar-refractivity contribution in [3.63, 3.8) is 0 Å². The van der Waals surface area contributed by atoms with Crippen LogP contribution in [0, 0.1) is 5.21 Å². The highest BCUT2D eigenvalue weighted by Crippen LogP contribution is 2.14. The van der Waals surface area contributed by atoms with E-state index in [2.05, 4.69) is 0 Å². The van der Waals surface area contributed by atoms with E-state index in [0.29, 0.717) is 0 Å². The summed E-state index contributed by atoms with van der Waals surface area (Å²) >= 11 is 0. The molecule has 1 aliphatic heterocycles. The van der Waals surface area contributed by atoms with Gasteiger partial charge in [0.15, 0.2) is 0 Å². The molecule has 0 bridgehead atoms. The van der Waals surface area contributed by atoms with Crippen molar-refractivity contribution < 1.29 is 14.2 Å². The summed E-state index contributed by atoms with van der Waals surface area (Å²) in [4.78, 5) is 11.5. The summed E-state index contributed by atoms with van der Waals surface area (Å²) in [6, 6.07) is 9.32. The third-order valence-electron chi connectivity index (χ3n) is 2.51. The number of rotatable bonds is 2. The largest absolute Gasteiger partial charge is 0.622 e. The second-order valence-corrected chi connectivity index (χ2v) is 3.77. The molecule has 1 aromatic rings. The number of carbonyl (C=O) groups excluding carboxylic acids is 1. The molecule has 0 radical (unpaired) electrons. The molecule has 16 heavy (non-hydrogen) atoms. The Hall–Kier alpha value is -1.65. The summed E-state index contributed by atoms with van der Waals surface area (Å²) in [5, 5.41) is 11.8. The third kappa shape index (κ3) is 2.29. The molecular weight excluding hydrogens is 206 g/mol. The lowest BCUT2D eigenvalue weighted by Gasteiger charge is -2.32. The van der Waals surface area contributed by atoms with Crippen molar-refractivity contribution in [3.8, 4) is 0 Å². The molecule has 4 heteroatoms. The fraction of sp³-hybridized carbons (Fsp3) is 0.250. The van der Waals surface area contributed by atoms with Gasteiger partial charge in [-0.1, -0.05) is 30.3 Å². The van der Waals surface area contributed by atoms with Crippen LogP contribution in [0.3, 0.4) is 0 Å². The second-order valence-electron chi connectivity index (χ2n) is 3.77. The highest BCUT2D eigenvalue weighted by atomic mass is 16.7. The summed E-state index contributed by atoms with van der Waals surface area (Å²) in [5.74, 6) is 0. The lowest BCUT2D eigenvalue weighted by molar-refractivity contribution is -0.789. The van der Waals surface area contributed by atoms with Crippen molar-refractivity contribution in [1.82, 2.24) is 0 Å². The van der Waals surface area contributed by atoms with Gasteiger partial charge >= 0.3 is 6.09 Å². The first-order valence-electron chi connectivity index (χ1n) is 5.15. The Morgan fingerprint density at radius 3 is 2.50 bits per heavy atom. The Morgan fingerprint density at radius 2 is 1.88 bits per heavy atom. The van der Waals surface area contributed by atoms with Gasteiger partial charge in [0.25, 0.3) is 0 Å². The minimum atomic E-state index is -0.924. The maximum Gasteiger partial charge on any atom is 0.516 e. The third-order valence-corrected chi connectivity index (χ3v) is 2.51. The fourth-order valence-electron chi connectivity index (χ4n) is 1.55. The van der Waals surface area contributed by atoms with E-state index >= 15 is 0 Å². The van der Waals surface area contributed by atoms with Gasteiger partial charge in [-0.25, -0.2) is 0 Å². The van der Waals surface area contributed by atoms with Crippen LogP contribution in [0.1, 0.15) is 5.56 Å². The van der Waals surface area contributed by atoms with Gasteiger partial charge in [-0.2, -0.15) is 4.79 Å². The van der Waals surface area contributed by atoms with Crippen LogP contribution in [-0.2, 0) is 11.3 Å². The van der Waals surface area contributed by atoms with Gasteiger partial charge in [0.05, 0.1) is 0 Å². The Kier molecular flexibility index (Phi) is 3.03. The van der Waals surface area contributed by atoms with Crippen molar-refractivity contribution in [3.05, 3.63) is 53.3 Å². The van der Waals surface area contributed by atoms with E-state index in [1.165, 1.54) is 0 Å². The van der Waals surface area contributed by atoms with Gasteiger partial charge in [-0.15, -0.1) is 0 Å². The summed E-state index contributed by atoms with van der Waals surface area (Å²) in [6.07, 6.45) is 2.70. The molecule has 1 aliphatic rings. The highest BCUT2D eigenvalue weighted by molar-refractivity contribution is 5.60. The lowest BCUT2D eigenvalue weighted by atomic mass is 10.2. The minimum Gasteiger partial charge on any atom is -0.622 e. The number of ether oxygens (including phenoxy) is 1. The van der Waals surface area contributed by atoms with Crippen LogP contribution in [0.4, 0.5) is 4.79 Å². The predicted molar refractivity (Wildman–Crippen MR) is 59.1 cm³/mol. The van der Waals surface area contributed by atoms with Gasteiger partial charge in [-0.05, 0) is 17.7 Å². The summed E-state index contributed by atoms with van der Waals surface area (Å²) in [6.45, 7) is 0.503. The number of amides is 1. The number of carbonyl (C=O) groups is 1. The first-order chi connectivity index (χ1) is 7.71. The smallest absolute Gasteiger partial charge is 0.516 e. The molecule has 0 aromatic heterocycles. The maximum absolute atomic E-state index is 11.8. The molecule has 84 valence electrons. The molecule has 0 N–H and O–H groups in total. The molecule has 1 amide bonds. The number of quaternary nitrogens is 1. The number of hydrogen-bond donors (Lipinski definition) is 0. The van der Waals surface area contributed by atoms with Crippen LogP contribution in [0.15, 0.2) is 42.5 Å². The number of hydroxylamine groups is 3. The van der Waals surface area contributed by atoms with E-state index in [0.717, 1.165) is 5.56 Å². The maximum atomic E-state index is 11.8. The average Bonchev–Trinajstić information content (AvgIpc) is 2.76. The summed E-state index contributed by atoms with van der Waals surface area (Å²) in [7, 11) is 0. The zero-order valence-electron chi connectivity index (χ0n) is 8.83. The first kappa shape index (κ1) is 10.9. The quantitative estimate of drug-likeness (QED) is 0.435. The number of hydrogen-bond acceptors (Lipinski definition) is 3. The van der Waals surface area contributed by atoms with Crippen molar-refractivity contribution in [1.29, 1.82) is 0 Å². The molecule has 1 aromatic carbocycles. The van der Waals surface area contributed by atoms with Crippen molar-refractivity contribution in [2.75, 3.05) is 13.1 Å². The van der Waals surface area contributed by atoms with Crippen LogP contribution in [-0.4, -0.2) is 23.8 Å². The van der Waals surface area contributed by atoms with Gasteiger partial charge in [0.1, 0.15) is 19.7 Å². The second kappa shape index (κ2) is 4.47. The average molecular weight is 219 g/mol. The van der Waals surface area contributed by atoms with Crippen LogP contribution in [0.2, 0.25) is 0 Å². The van der Waals surface area contributed by atoms with Crippen molar-refractivity contribution >= 4 is 6.09 Å². The normalized spacial score (nSPS) is 17.3. The molecular formula is C12H13NO3. The molecule has 0 saturated carbocycles. The van der Waals surface area contributed by atoms with Gasteiger partial charge in [0, 0.05) is 0 Å². The Morgan fingerprint density at radius 1 is 1.25 bits per heavy atom. The zero-order valence-corrected chi connectivity index (χ0v) is 8.83. The topological polar surface area (TPSA) is 49.4 Å². The summed E-state index contributed by atoms with van der Waals surface area (Å²) < 4.78 is 4.07. The van der Waals surface area contributed by atoms with E-state index in [-0.39, 0.29) is 19.7 Å². The molecule has 0 unspecified atom stereocenters. The molecule has 0 saturated heterocycles. The van der Waals surface area contributed by atoms with E-state index < -0.39 is 10.7 Å². The first-order valence-corrected chi connectivity index (χ1v) is 5.15. The van der Waals surface area contributed by atoms with Crippen LogP contribution in [0.5, 0.6) is 0 Å². The molecule has 0 spiro atoms. The van der Waals surface area contributed by atoms with Crippen LogP contribution < -0.4 is 0 Å². The van der Waals surface area contributed by atoms with Gasteiger partial charge in [0.2, 0.25) is 0 Å². The van der Waals surface area contributed by atoms with Gasteiger partial charge < -0.3 is 9.94 Å². The van der Waals surface area contributed by atoms with E-state index in [9.17, 15) is 10.0 Å². The van der Waals surface area contributed by atoms with Crippen LogP contribution >= 0.6 is 0 Å². The lowest BCUT2D eigenvalue weighted by Crippen LogP contribution is -2.45. The Balaban J connectivity index is 1.89. The number of nitrogens with zero attached hydrogens (tertiary/aromatic N) is 1. The van der Waals surface area contributed by atoms with Gasteiger partial charge in [-0.3, -0.25) is 4.65 Å². The zero-order chi connectivity index (χ0) is 11.4. The van der Waals surface area contributed by atoms with E-state index in [4.69, 9.17) is 4.74 Å². The molecule has 4 nitrogen and oxygen atoms in total. The SMILES string of the molecule is O=C(OCc1ccccc1)[N+]1([O-])CC=CC1. The molecule has 2 rings (SSSR count). The van der Waals surface area contributed by atoms with Crippen molar-refractivity contribution in [2.45, 2.75) is 6.61 Å². The molecule has 0 fully saturated rings. The van der Waals surface area contributed by atoms with Crippen molar-refractivity contribution in [2.24, 2.45) is 0 Å². The Bertz CT molecular complexity index is 392. The highest BCUT2D eigenvalue weighted by Gasteiger charge is 2.30. The summed E-state index contributed by atoms with van der Waals surface area (Å²) in [5.41, 5.74) is 0.884. The minimum absolute atomic E-state index is 0.155. The Labute approximate surface area is 93.9 Å². The van der Waals surface area contributed by atoms with Crippen LogP contribution in [0.25, 0.3) is 0 Å². The molecule has 0 atom stereocenters. The standard InChI is InChI=1S/C12H13NO3/c14-12(13(15)8-4-5-9-13)16-10-11-6-2-1-3-7-11/h1-7H,8-10H2. The number of benzene rings is 1. The fourth-order valence-corrected chi connectivity index (χ4v) is 1.55. The molecule has 1 heterocycles. The molecule has 0 aliphatic carbocycles. The monoisotopic (exact) mass is 219 g/mol. The predicted octanol–water partition coefficient (Wildman–Crippen LogP) is 2.21. The van der Waals surface area contributed by atoms with E-state index in [1.807, 2.05) is 30.3 Å². The van der Waals surface area contributed by atoms with E-state index in [1.54, 1.807) is 12.2 Å².